The van der Waals surface area contributed by atoms with Gasteiger partial charge < -0.3 is 10.6 Å². The van der Waals surface area contributed by atoms with Crippen LogP contribution in [0.2, 0.25) is 5.02 Å². The van der Waals surface area contributed by atoms with Crippen LogP contribution in [0, 0.1) is 11.7 Å². The smallest absolute Gasteiger partial charge is 0.253 e. The number of rotatable bonds is 1. The molecule has 18 heavy (non-hydrogen) atoms. The van der Waals surface area contributed by atoms with Gasteiger partial charge in [-0.25, -0.2) is 4.39 Å². The Morgan fingerprint density at radius 2 is 2.28 bits per heavy atom. The number of benzene rings is 1. The minimum Gasteiger partial charge on any atom is -0.338 e. The molecule has 1 heterocycles. The van der Waals surface area contributed by atoms with Crippen molar-refractivity contribution in [1.29, 1.82) is 0 Å². The Morgan fingerprint density at radius 1 is 1.56 bits per heavy atom. The summed E-state index contributed by atoms with van der Waals surface area (Å²) in [5.74, 6) is -0.350. The first kappa shape index (κ1) is 13.3. The van der Waals surface area contributed by atoms with Crippen LogP contribution < -0.4 is 5.73 Å². The summed E-state index contributed by atoms with van der Waals surface area (Å²) in [5, 5.41) is -0.0254. The summed E-state index contributed by atoms with van der Waals surface area (Å²) >= 11 is 5.68. The van der Waals surface area contributed by atoms with E-state index in [1.54, 1.807) is 4.90 Å². The molecule has 2 rings (SSSR count). The van der Waals surface area contributed by atoms with Crippen molar-refractivity contribution in [2.45, 2.75) is 19.4 Å². The summed E-state index contributed by atoms with van der Waals surface area (Å²) in [6.07, 6.45) is 0.793. The Labute approximate surface area is 111 Å². The number of hydrogen-bond acceptors (Lipinski definition) is 2. The maximum absolute atomic E-state index is 13.0. The van der Waals surface area contributed by atoms with Gasteiger partial charge in [-0.15, -0.1) is 0 Å². The predicted octanol–water partition coefficient (Wildman–Crippen LogP) is 2.29. The fourth-order valence-corrected chi connectivity index (χ4v) is 2.34. The van der Waals surface area contributed by atoms with E-state index in [0.717, 1.165) is 6.42 Å². The highest BCUT2D eigenvalue weighted by atomic mass is 35.5. The molecule has 2 atom stereocenters. The maximum Gasteiger partial charge on any atom is 0.253 e. The van der Waals surface area contributed by atoms with Crippen LogP contribution in [-0.2, 0) is 0 Å². The minimum absolute atomic E-state index is 0.0254. The van der Waals surface area contributed by atoms with Crippen LogP contribution in [0.3, 0.4) is 0 Å². The Morgan fingerprint density at radius 3 is 2.89 bits per heavy atom. The highest BCUT2D eigenvalue weighted by molar-refractivity contribution is 6.31. The van der Waals surface area contributed by atoms with Crippen LogP contribution in [-0.4, -0.2) is 29.9 Å². The van der Waals surface area contributed by atoms with E-state index in [1.807, 2.05) is 6.92 Å². The molecular formula is C13H16ClFN2O. The van der Waals surface area contributed by atoms with Crippen molar-refractivity contribution in [2.75, 3.05) is 13.1 Å². The van der Waals surface area contributed by atoms with Gasteiger partial charge in [0.1, 0.15) is 5.82 Å². The van der Waals surface area contributed by atoms with Gasteiger partial charge >= 0.3 is 0 Å². The fourth-order valence-electron chi connectivity index (χ4n) is 2.16. The number of carbonyl (C=O) groups excluding carboxylic acids is 1. The van der Waals surface area contributed by atoms with Gasteiger partial charge in [0, 0.05) is 24.7 Å². The molecule has 5 heteroatoms. The van der Waals surface area contributed by atoms with Gasteiger partial charge in [0.05, 0.1) is 5.02 Å². The number of halogens is 2. The third-order valence-electron chi connectivity index (χ3n) is 3.43. The summed E-state index contributed by atoms with van der Waals surface area (Å²) < 4.78 is 13.0. The van der Waals surface area contributed by atoms with Gasteiger partial charge in [0.25, 0.3) is 5.91 Å². The number of carbonyl (C=O) groups is 1. The largest absolute Gasteiger partial charge is 0.338 e. The Hall–Kier alpha value is -1.13. The summed E-state index contributed by atoms with van der Waals surface area (Å²) in [5.41, 5.74) is 6.34. The van der Waals surface area contributed by atoms with Crippen molar-refractivity contribution >= 4 is 17.5 Å². The van der Waals surface area contributed by atoms with E-state index in [1.165, 1.54) is 18.2 Å². The highest BCUT2D eigenvalue weighted by Crippen LogP contribution is 2.20. The van der Waals surface area contributed by atoms with Crippen molar-refractivity contribution in [3.63, 3.8) is 0 Å². The van der Waals surface area contributed by atoms with Crippen LogP contribution in [0.1, 0.15) is 23.7 Å². The number of likely N-dealkylation sites (tertiary alicyclic amines) is 1. The lowest BCUT2D eigenvalue weighted by molar-refractivity contribution is 0.0664. The maximum atomic E-state index is 13.0. The molecule has 98 valence electrons. The molecule has 1 fully saturated rings. The molecule has 1 aromatic rings. The van der Waals surface area contributed by atoms with Crippen molar-refractivity contribution < 1.29 is 9.18 Å². The molecule has 1 aliphatic heterocycles. The molecule has 1 aliphatic rings. The fraction of sp³-hybridized carbons (Fsp3) is 0.462. The Kier molecular flexibility index (Phi) is 3.88. The van der Waals surface area contributed by atoms with Crippen LogP contribution in [0.5, 0.6) is 0 Å². The second-order valence-electron chi connectivity index (χ2n) is 4.81. The van der Waals surface area contributed by atoms with Crippen molar-refractivity contribution in [2.24, 2.45) is 11.7 Å². The van der Waals surface area contributed by atoms with Crippen LogP contribution in [0.25, 0.3) is 0 Å². The molecule has 0 aromatic heterocycles. The standard InChI is InChI=1S/C13H16ClFN2O/c1-8-7-17(5-4-12(8)16)13(18)9-2-3-11(15)10(14)6-9/h2-3,6,8,12H,4-5,7,16H2,1H3. The number of hydrogen-bond donors (Lipinski definition) is 1. The number of piperidine rings is 1. The molecule has 2 unspecified atom stereocenters. The van der Waals surface area contributed by atoms with Crippen LogP contribution in [0.4, 0.5) is 4.39 Å². The first-order valence-electron chi connectivity index (χ1n) is 5.99. The molecule has 1 saturated heterocycles. The van der Waals surface area contributed by atoms with Gasteiger partial charge in [-0.05, 0) is 30.5 Å². The molecule has 0 aliphatic carbocycles. The number of nitrogens with zero attached hydrogens (tertiary/aromatic N) is 1. The second-order valence-corrected chi connectivity index (χ2v) is 5.22. The van der Waals surface area contributed by atoms with Crippen LogP contribution >= 0.6 is 11.6 Å². The summed E-state index contributed by atoms with van der Waals surface area (Å²) in [4.78, 5) is 14.0. The molecule has 0 radical (unpaired) electrons. The van der Waals surface area contributed by atoms with E-state index < -0.39 is 5.82 Å². The lowest BCUT2D eigenvalue weighted by Gasteiger charge is -2.35. The quantitative estimate of drug-likeness (QED) is 0.851. The Bertz CT molecular complexity index is 466. The average molecular weight is 271 g/mol. The first-order chi connectivity index (χ1) is 8.49. The lowest BCUT2D eigenvalue weighted by Crippen LogP contribution is -2.48. The Balaban J connectivity index is 2.14. The SMILES string of the molecule is CC1CN(C(=O)c2ccc(F)c(Cl)c2)CCC1N. The summed E-state index contributed by atoms with van der Waals surface area (Å²) in [7, 11) is 0. The molecule has 0 bridgehead atoms. The van der Waals surface area contributed by atoms with Gasteiger partial charge in [-0.2, -0.15) is 0 Å². The topological polar surface area (TPSA) is 46.3 Å². The number of nitrogens with two attached hydrogens (primary N) is 1. The van der Waals surface area contributed by atoms with Crippen molar-refractivity contribution in [3.05, 3.63) is 34.6 Å². The van der Waals surface area contributed by atoms with Gasteiger partial charge in [-0.3, -0.25) is 4.79 Å². The third-order valence-corrected chi connectivity index (χ3v) is 3.72. The lowest BCUT2D eigenvalue weighted by atomic mass is 9.94. The molecule has 0 spiro atoms. The van der Waals surface area contributed by atoms with Crippen molar-refractivity contribution in [1.82, 2.24) is 4.90 Å². The molecular weight excluding hydrogens is 255 g/mol. The van der Waals surface area contributed by atoms with E-state index in [0.29, 0.717) is 18.7 Å². The zero-order valence-corrected chi connectivity index (χ0v) is 11.0. The molecule has 1 aromatic carbocycles. The molecule has 3 nitrogen and oxygen atoms in total. The normalized spacial score (nSPS) is 24.1. The first-order valence-corrected chi connectivity index (χ1v) is 6.36. The van der Waals surface area contributed by atoms with E-state index in [-0.39, 0.29) is 22.9 Å². The van der Waals surface area contributed by atoms with E-state index in [4.69, 9.17) is 17.3 Å². The zero-order valence-electron chi connectivity index (χ0n) is 10.2. The number of amides is 1. The van der Waals surface area contributed by atoms with Gasteiger partial charge in [0.2, 0.25) is 0 Å². The highest BCUT2D eigenvalue weighted by Gasteiger charge is 2.27. The van der Waals surface area contributed by atoms with E-state index in [2.05, 4.69) is 0 Å². The second kappa shape index (κ2) is 5.24. The molecule has 1 amide bonds. The van der Waals surface area contributed by atoms with Crippen molar-refractivity contribution in [3.8, 4) is 0 Å². The predicted molar refractivity (Wildman–Crippen MR) is 69.1 cm³/mol. The van der Waals surface area contributed by atoms with Crippen LogP contribution in [0.15, 0.2) is 18.2 Å². The van der Waals surface area contributed by atoms with E-state index in [9.17, 15) is 9.18 Å². The van der Waals surface area contributed by atoms with Gasteiger partial charge in [0.15, 0.2) is 0 Å². The summed E-state index contributed by atoms with van der Waals surface area (Å²) in [6.45, 7) is 3.30. The molecule has 2 N–H and O–H groups in total. The van der Waals surface area contributed by atoms with Gasteiger partial charge in [-0.1, -0.05) is 18.5 Å². The van der Waals surface area contributed by atoms with E-state index >= 15 is 0 Å². The summed E-state index contributed by atoms with van der Waals surface area (Å²) in [6, 6.07) is 4.20. The monoisotopic (exact) mass is 270 g/mol. The average Bonchev–Trinajstić information content (AvgIpc) is 2.35. The minimum atomic E-state index is -0.512. The third kappa shape index (κ3) is 2.65. The molecule has 0 saturated carbocycles. The zero-order chi connectivity index (χ0) is 13.3.